The van der Waals surface area contributed by atoms with E-state index in [9.17, 15) is 18.8 Å². The van der Waals surface area contributed by atoms with E-state index >= 15 is 0 Å². The van der Waals surface area contributed by atoms with Crippen LogP contribution in [0.1, 0.15) is 43.2 Å². The maximum Gasteiger partial charge on any atom is 0.246 e. The summed E-state index contributed by atoms with van der Waals surface area (Å²) in [5.41, 5.74) is 0.726. The van der Waals surface area contributed by atoms with E-state index in [0.717, 1.165) is 37.7 Å². The highest BCUT2D eigenvalue weighted by Gasteiger charge is 2.72. The molecule has 5 atom stereocenters. The fraction of sp³-hybridized carbons (Fsp3) is 0.433. The van der Waals surface area contributed by atoms with E-state index in [4.69, 9.17) is 4.74 Å². The molecule has 4 aliphatic rings. The first kappa shape index (κ1) is 24.8. The van der Waals surface area contributed by atoms with E-state index in [2.05, 4.69) is 10.6 Å². The van der Waals surface area contributed by atoms with Gasteiger partial charge in [-0.3, -0.25) is 14.4 Å². The van der Waals surface area contributed by atoms with Crippen LogP contribution in [0.4, 0.5) is 10.1 Å². The number of likely N-dealkylation sites (tertiary alicyclic amines) is 1. The Kier molecular flexibility index (Phi) is 6.30. The van der Waals surface area contributed by atoms with Crippen molar-refractivity contribution in [3.63, 3.8) is 0 Å². The van der Waals surface area contributed by atoms with E-state index in [-0.39, 0.29) is 30.3 Å². The van der Waals surface area contributed by atoms with Gasteiger partial charge in [-0.25, -0.2) is 4.39 Å². The molecule has 3 amide bonds. The lowest BCUT2D eigenvalue weighted by atomic mass is 9.74. The fourth-order valence-electron chi connectivity index (χ4n) is 6.64. The molecule has 0 radical (unpaired) electrons. The molecule has 2 saturated heterocycles. The molecule has 8 heteroatoms. The third kappa shape index (κ3) is 4.11. The highest BCUT2D eigenvalue weighted by Crippen LogP contribution is 2.55. The standard InChI is InChI=1S/C30H32FN3O4/c1-18-11-13-21(14-12-18)32-27(35)24-23-15-16-30(38-23)25(24)29(37)34(17-19-7-5-6-10-22(19)31)26(30)28(36)33-20-8-3-2-4-9-20/h5-7,10-16,20,23-26H,2-4,8-9,17H2,1H3,(H,32,35)(H,33,36)/t23-,24+,25-,26-,30-/m1/s1. The Balaban J connectivity index is 1.33. The van der Waals surface area contributed by atoms with Gasteiger partial charge in [0.25, 0.3) is 0 Å². The molecule has 2 N–H and O–H groups in total. The molecule has 2 aromatic carbocycles. The van der Waals surface area contributed by atoms with Crippen LogP contribution in [-0.4, -0.2) is 46.4 Å². The number of carbonyl (C=O) groups is 3. The van der Waals surface area contributed by atoms with E-state index < -0.39 is 35.4 Å². The van der Waals surface area contributed by atoms with Crippen molar-refractivity contribution in [1.82, 2.24) is 10.2 Å². The van der Waals surface area contributed by atoms with Crippen molar-refractivity contribution >= 4 is 23.4 Å². The molecule has 2 bridgehead atoms. The largest absolute Gasteiger partial charge is 0.359 e. The Morgan fingerprint density at radius 3 is 2.53 bits per heavy atom. The molecule has 3 fully saturated rings. The van der Waals surface area contributed by atoms with Crippen LogP contribution in [0.15, 0.2) is 60.7 Å². The van der Waals surface area contributed by atoms with Crippen LogP contribution in [0.25, 0.3) is 0 Å². The van der Waals surface area contributed by atoms with Crippen LogP contribution in [0.5, 0.6) is 0 Å². The lowest BCUT2D eigenvalue weighted by Crippen LogP contribution is -2.56. The zero-order valence-electron chi connectivity index (χ0n) is 21.4. The van der Waals surface area contributed by atoms with Crippen LogP contribution >= 0.6 is 0 Å². The summed E-state index contributed by atoms with van der Waals surface area (Å²) in [7, 11) is 0. The summed E-state index contributed by atoms with van der Waals surface area (Å²) in [4.78, 5) is 42.8. The van der Waals surface area contributed by atoms with E-state index in [1.807, 2.05) is 31.2 Å². The van der Waals surface area contributed by atoms with Gasteiger partial charge in [0.2, 0.25) is 17.7 Å². The van der Waals surface area contributed by atoms with Crippen molar-refractivity contribution < 1.29 is 23.5 Å². The second kappa shape index (κ2) is 9.66. The minimum absolute atomic E-state index is 0.0281. The lowest BCUT2D eigenvalue weighted by Gasteiger charge is -2.34. The average Bonchev–Trinajstić information content (AvgIpc) is 3.55. The van der Waals surface area contributed by atoms with Crippen molar-refractivity contribution in [2.45, 2.75) is 69.4 Å². The van der Waals surface area contributed by atoms with Gasteiger partial charge in [0, 0.05) is 23.8 Å². The molecular weight excluding hydrogens is 485 g/mol. The van der Waals surface area contributed by atoms with Gasteiger partial charge in [-0.05, 0) is 38.0 Å². The quantitative estimate of drug-likeness (QED) is 0.570. The Hall–Kier alpha value is -3.52. The smallest absolute Gasteiger partial charge is 0.246 e. The molecular formula is C30H32FN3O4. The molecule has 6 rings (SSSR count). The highest BCUT2D eigenvalue weighted by atomic mass is 19.1. The zero-order chi connectivity index (χ0) is 26.4. The first-order valence-corrected chi connectivity index (χ1v) is 13.5. The number of rotatable bonds is 6. The maximum atomic E-state index is 14.7. The second-order valence-corrected chi connectivity index (χ2v) is 11.0. The minimum atomic E-state index is -1.28. The number of aryl methyl sites for hydroxylation is 1. The fourth-order valence-corrected chi connectivity index (χ4v) is 6.64. The third-order valence-corrected chi connectivity index (χ3v) is 8.49. The number of fused-ring (bicyclic) bond motifs is 1. The van der Waals surface area contributed by atoms with Gasteiger partial charge in [-0.2, -0.15) is 0 Å². The molecule has 198 valence electrons. The number of ether oxygens (including phenoxy) is 1. The summed E-state index contributed by atoms with van der Waals surface area (Å²) in [5.74, 6) is -3.14. The zero-order valence-corrected chi connectivity index (χ0v) is 21.4. The van der Waals surface area contributed by atoms with Crippen molar-refractivity contribution in [2.75, 3.05) is 5.32 Å². The molecule has 0 unspecified atom stereocenters. The van der Waals surface area contributed by atoms with Crippen LogP contribution in [0, 0.1) is 24.6 Å². The summed E-state index contributed by atoms with van der Waals surface area (Å²) < 4.78 is 21.1. The van der Waals surface area contributed by atoms with E-state index in [1.165, 1.54) is 11.0 Å². The predicted molar refractivity (Wildman–Crippen MR) is 139 cm³/mol. The van der Waals surface area contributed by atoms with Gasteiger partial charge in [0.05, 0.1) is 17.9 Å². The van der Waals surface area contributed by atoms with Gasteiger partial charge in [-0.1, -0.05) is 67.3 Å². The molecule has 7 nitrogen and oxygen atoms in total. The predicted octanol–water partition coefficient (Wildman–Crippen LogP) is 3.87. The molecule has 1 spiro atoms. The molecule has 38 heavy (non-hydrogen) atoms. The third-order valence-electron chi connectivity index (χ3n) is 8.49. The van der Waals surface area contributed by atoms with Gasteiger partial charge in [0.1, 0.15) is 17.5 Å². The lowest BCUT2D eigenvalue weighted by molar-refractivity contribution is -0.142. The summed E-state index contributed by atoms with van der Waals surface area (Å²) >= 11 is 0. The van der Waals surface area contributed by atoms with Crippen molar-refractivity contribution in [1.29, 1.82) is 0 Å². The Labute approximate surface area is 221 Å². The van der Waals surface area contributed by atoms with Crippen LogP contribution in [0.2, 0.25) is 0 Å². The number of amides is 3. The Morgan fingerprint density at radius 1 is 1.05 bits per heavy atom. The van der Waals surface area contributed by atoms with Crippen molar-refractivity contribution in [2.24, 2.45) is 11.8 Å². The number of hydrogen-bond acceptors (Lipinski definition) is 4. The van der Waals surface area contributed by atoms with Gasteiger partial charge < -0.3 is 20.3 Å². The van der Waals surface area contributed by atoms with Crippen LogP contribution < -0.4 is 10.6 Å². The summed E-state index contributed by atoms with van der Waals surface area (Å²) in [5, 5.41) is 6.08. The number of benzene rings is 2. The number of nitrogens with one attached hydrogen (secondary N) is 2. The van der Waals surface area contributed by atoms with Crippen molar-refractivity contribution in [3.8, 4) is 0 Å². The highest BCUT2D eigenvalue weighted by molar-refractivity contribution is 6.02. The molecule has 3 heterocycles. The number of carbonyl (C=O) groups excluding carboxylic acids is 3. The van der Waals surface area contributed by atoms with Gasteiger partial charge >= 0.3 is 0 Å². The number of anilines is 1. The maximum absolute atomic E-state index is 14.7. The minimum Gasteiger partial charge on any atom is -0.359 e. The topological polar surface area (TPSA) is 87.7 Å². The molecule has 3 aliphatic heterocycles. The monoisotopic (exact) mass is 517 g/mol. The molecule has 1 aliphatic carbocycles. The first-order chi connectivity index (χ1) is 18.4. The van der Waals surface area contributed by atoms with E-state index in [0.29, 0.717) is 11.3 Å². The van der Waals surface area contributed by atoms with Crippen LogP contribution in [-0.2, 0) is 25.7 Å². The number of nitrogens with zero attached hydrogens (tertiary/aromatic N) is 1. The summed E-state index contributed by atoms with van der Waals surface area (Å²) in [6, 6.07) is 12.7. The van der Waals surface area contributed by atoms with E-state index in [1.54, 1.807) is 30.4 Å². The Bertz CT molecular complexity index is 1290. The molecule has 1 saturated carbocycles. The molecule has 0 aromatic heterocycles. The van der Waals surface area contributed by atoms with Crippen LogP contribution in [0.3, 0.4) is 0 Å². The summed E-state index contributed by atoms with van der Waals surface area (Å²) in [6.07, 6.45) is 7.95. The number of halogens is 1. The average molecular weight is 518 g/mol. The molecule has 2 aromatic rings. The normalized spacial score (nSPS) is 29.9. The summed E-state index contributed by atoms with van der Waals surface area (Å²) in [6.45, 7) is 1.88. The number of hydrogen-bond donors (Lipinski definition) is 2. The SMILES string of the molecule is Cc1ccc(NC(=O)[C@H]2[C@H]3C=C[C@@]4(O3)[C@H]2C(=O)N(Cc2ccccc2F)[C@@H]4C(=O)NC2CCCCC2)cc1. The van der Waals surface area contributed by atoms with Gasteiger partial charge in [-0.15, -0.1) is 0 Å². The van der Waals surface area contributed by atoms with Gasteiger partial charge in [0.15, 0.2) is 0 Å². The van der Waals surface area contributed by atoms with Crippen molar-refractivity contribution in [3.05, 3.63) is 77.6 Å². The Morgan fingerprint density at radius 2 is 1.79 bits per heavy atom. The second-order valence-electron chi connectivity index (χ2n) is 11.0. The first-order valence-electron chi connectivity index (χ1n) is 13.5.